The Kier molecular flexibility index (Phi) is 3.14. The Morgan fingerprint density at radius 2 is 2.05 bits per heavy atom. The maximum Gasteiger partial charge on any atom is 0.322 e. The lowest BCUT2D eigenvalue weighted by molar-refractivity contribution is -0.143. The first kappa shape index (κ1) is 12.7. The lowest BCUT2D eigenvalue weighted by Crippen LogP contribution is -2.29. The number of carbonyl (C=O) groups is 2. The van der Waals surface area contributed by atoms with Crippen molar-refractivity contribution in [3.63, 3.8) is 0 Å². The molecule has 1 unspecified atom stereocenters. The van der Waals surface area contributed by atoms with Gasteiger partial charge in [-0.05, 0) is 13.0 Å². The molecule has 0 saturated carbocycles. The Labute approximate surface area is 115 Å². The molecule has 6 nitrogen and oxygen atoms in total. The molecule has 2 heterocycles. The van der Waals surface area contributed by atoms with Gasteiger partial charge in [-0.1, -0.05) is 0 Å². The summed E-state index contributed by atoms with van der Waals surface area (Å²) < 4.78 is 15.7. The molecule has 104 valence electrons. The maximum atomic E-state index is 12.3. The van der Waals surface area contributed by atoms with E-state index in [0.717, 1.165) is 0 Å². The van der Waals surface area contributed by atoms with Gasteiger partial charge in [0.1, 0.15) is 13.2 Å². The van der Waals surface area contributed by atoms with E-state index in [9.17, 15) is 9.59 Å². The van der Waals surface area contributed by atoms with E-state index >= 15 is 0 Å². The van der Waals surface area contributed by atoms with E-state index in [-0.39, 0.29) is 12.4 Å². The Hall–Kier alpha value is -2.37. The van der Waals surface area contributed by atoms with Gasteiger partial charge < -0.3 is 14.2 Å². The largest absolute Gasteiger partial charge is 0.486 e. The van der Waals surface area contributed by atoms with Crippen LogP contribution in [0.1, 0.15) is 17.3 Å². The van der Waals surface area contributed by atoms with Gasteiger partial charge in [0.05, 0.1) is 12.3 Å². The Morgan fingerprint density at radius 3 is 2.75 bits per heavy atom. The molecule has 0 spiro atoms. The summed E-state index contributed by atoms with van der Waals surface area (Å²) in [6.07, 6.45) is 1.32. The first-order valence-electron chi connectivity index (χ1n) is 6.39. The summed E-state index contributed by atoms with van der Waals surface area (Å²) in [6, 6.07) is 3.23. The minimum atomic E-state index is -0.981. The van der Waals surface area contributed by atoms with E-state index in [4.69, 9.17) is 14.2 Å². The third-order valence-corrected chi connectivity index (χ3v) is 3.11. The number of ether oxygens (including phenoxy) is 3. The molecular weight excluding hydrogens is 262 g/mol. The number of nitrogens with zero attached hydrogens (tertiary/aromatic N) is 1. The molecular formula is C14H13NO5. The molecule has 0 aromatic heterocycles. The molecule has 3 rings (SSSR count). The number of benzene rings is 1. The Balaban J connectivity index is 1.97. The Morgan fingerprint density at radius 1 is 1.35 bits per heavy atom. The van der Waals surface area contributed by atoms with Crippen LogP contribution in [0.3, 0.4) is 0 Å². The summed E-state index contributed by atoms with van der Waals surface area (Å²) in [5.74, 6) is -0.824. The predicted octanol–water partition coefficient (Wildman–Crippen LogP) is 1.54. The van der Waals surface area contributed by atoms with Crippen LogP contribution in [0, 0.1) is 5.92 Å². The van der Waals surface area contributed by atoms with Crippen molar-refractivity contribution >= 4 is 23.7 Å². The first-order chi connectivity index (χ1) is 9.70. The van der Waals surface area contributed by atoms with Crippen LogP contribution in [0.2, 0.25) is 0 Å². The van der Waals surface area contributed by atoms with Crippen molar-refractivity contribution in [2.24, 2.45) is 10.9 Å². The van der Waals surface area contributed by atoms with Crippen LogP contribution < -0.4 is 9.47 Å². The molecule has 0 bridgehead atoms. The molecule has 1 aromatic rings. The van der Waals surface area contributed by atoms with Gasteiger partial charge in [-0.15, -0.1) is 0 Å². The van der Waals surface area contributed by atoms with Crippen molar-refractivity contribution in [1.29, 1.82) is 0 Å². The average Bonchev–Trinajstić information content (AvgIpc) is 2.46. The standard InChI is InChI=1S/C14H13NO5/c1-2-18-14(17)9-7-15-10-6-12-11(19-3-4-20-12)5-8(10)13(9)16/h5-7,9H,2-4H2,1H3. The van der Waals surface area contributed by atoms with Crippen molar-refractivity contribution in [3.8, 4) is 11.5 Å². The van der Waals surface area contributed by atoms with Crippen molar-refractivity contribution in [2.75, 3.05) is 19.8 Å². The summed E-state index contributed by atoms with van der Waals surface area (Å²) in [4.78, 5) is 28.2. The molecule has 0 amide bonds. The zero-order chi connectivity index (χ0) is 14.1. The number of carbonyl (C=O) groups excluding carboxylic acids is 2. The number of aliphatic imine (C=N–C) groups is 1. The number of ketones is 1. The minimum absolute atomic E-state index is 0.227. The van der Waals surface area contributed by atoms with Crippen molar-refractivity contribution in [2.45, 2.75) is 6.92 Å². The number of esters is 1. The second-order valence-corrected chi connectivity index (χ2v) is 4.39. The van der Waals surface area contributed by atoms with Crippen LogP contribution in [-0.4, -0.2) is 37.8 Å². The van der Waals surface area contributed by atoms with E-state index in [0.29, 0.717) is 36.0 Å². The number of Topliss-reactive ketones (excluding diaryl/α,β-unsaturated/α-hetero) is 1. The summed E-state index contributed by atoms with van der Waals surface area (Å²) in [5, 5.41) is 0. The average molecular weight is 275 g/mol. The van der Waals surface area contributed by atoms with Gasteiger partial charge in [0.2, 0.25) is 0 Å². The summed E-state index contributed by atoms with van der Waals surface area (Å²) in [7, 11) is 0. The van der Waals surface area contributed by atoms with Gasteiger partial charge in [-0.2, -0.15) is 0 Å². The molecule has 20 heavy (non-hydrogen) atoms. The lowest BCUT2D eigenvalue weighted by Gasteiger charge is -2.22. The highest BCUT2D eigenvalue weighted by atomic mass is 16.6. The van der Waals surface area contributed by atoms with E-state index in [1.807, 2.05) is 0 Å². The molecule has 0 fully saturated rings. The number of hydrogen-bond donors (Lipinski definition) is 0. The summed E-state index contributed by atoms with van der Waals surface area (Å²) >= 11 is 0. The van der Waals surface area contributed by atoms with E-state index < -0.39 is 11.9 Å². The molecule has 0 saturated heterocycles. The van der Waals surface area contributed by atoms with Crippen molar-refractivity contribution in [3.05, 3.63) is 17.7 Å². The van der Waals surface area contributed by atoms with Crippen molar-refractivity contribution in [1.82, 2.24) is 0 Å². The number of fused-ring (bicyclic) bond motifs is 2. The third-order valence-electron chi connectivity index (χ3n) is 3.11. The zero-order valence-corrected chi connectivity index (χ0v) is 10.9. The molecule has 2 aliphatic heterocycles. The van der Waals surface area contributed by atoms with Gasteiger partial charge >= 0.3 is 5.97 Å². The normalized spacial score (nSPS) is 19.4. The van der Waals surface area contributed by atoms with Crippen LogP contribution in [0.5, 0.6) is 11.5 Å². The van der Waals surface area contributed by atoms with Gasteiger partial charge in [0, 0.05) is 17.8 Å². The van der Waals surface area contributed by atoms with Gasteiger partial charge in [-0.25, -0.2) is 0 Å². The first-order valence-corrected chi connectivity index (χ1v) is 6.39. The molecule has 1 atom stereocenters. The highest BCUT2D eigenvalue weighted by molar-refractivity contribution is 6.22. The van der Waals surface area contributed by atoms with Gasteiger partial charge in [0.25, 0.3) is 0 Å². The molecule has 2 aliphatic rings. The molecule has 0 N–H and O–H groups in total. The second-order valence-electron chi connectivity index (χ2n) is 4.39. The highest BCUT2D eigenvalue weighted by Gasteiger charge is 2.33. The van der Waals surface area contributed by atoms with E-state index in [2.05, 4.69) is 4.99 Å². The van der Waals surface area contributed by atoms with Crippen molar-refractivity contribution < 1.29 is 23.8 Å². The lowest BCUT2D eigenvalue weighted by atomic mass is 9.94. The fraction of sp³-hybridized carbons (Fsp3) is 0.357. The summed E-state index contributed by atoms with van der Waals surface area (Å²) in [6.45, 7) is 2.82. The zero-order valence-electron chi connectivity index (χ0n) is 10.9. The molecule has 6 heteroatoms. The fourth-order valence-electron chi connectivity index (χ4n) is 2.17. The van der Waals surface area contributed by atoms with E-state index in [1.54, 1.807) is 19.1 Å². The SMILES string of the molecule is CCOC(=O)C1C=Nc2cc3c(cc2C1=O)OCCO3. The van der Waals surface area contributed by atoms with Gasteiger partial charge in [-0.3, -0.25) is 14.6 Å². The quantitative estimate of drug-likeness (QED) is 0.604. The van der Waals surface area contributed by atoms with Gasteiger partial charge in [0.15, 0.2) is 23.2 Å². The monoisotopic (exact) mass is 275 g/mol. The highest BCUT2D eigenvalue weighted by Crippen LogP contribution is 2.39. The summed E-state index contributed by atoms with van der Waals surface area (Å²) in [5.41, 5.74) is 0.842. The topological polar surface area (TPSA) is 74.2 Å². The van der Waals surface area contributed by atoms with Crippen LogP contribution in [0.15, 0.2) is 17.1 Å². The molecule has 1 aromatic carbocycles. The number of rotatable bonds is 2. The van der Waals surface area contributed by atoms with Crippen LogP contribution in [0.25, 0.3) is 0 Å². The van der Waals surface area contributed by atoms with Crippen LogP contribution in [0.4, 0.5) is 5.69 Å². The van der Waals surface area contributed by atoms with Crippen LogP contribution in [-0.2, 0) is 9.53 Å². The maximum absolute atomic E-state index is 12.3. The fourth-order valence-corrected chi connectivity index (χ4v) is 2.17. The van der Waals surface area contributed by atoms with E-state index in [1.165, 1.54) is 6.21 Å². The molecule has 0 radical (unpaired) electrons. The smallest absolute Gasteiger partial charge is 0.322 e. The van der Waals surface area contributed by atoms with Crippen LogP contribution >= 0.6 is 0 Å². The minimum Gasteiger partial charge on any atom is -0.486 e. The third kappa shape index (κ3) is 2.03. The Bertz CT molecular complexity index is 608. The number of hydrogen-bond acceptors (Lipinski definition) is 6. The predicted molar refractivity (Wildman–Crippen MR) is 70.0 cm³/mol. The second kappa shape index (κ2) is 4.96. The molecule has 0 aliphatic carbocycles.